The molecule has 0 aromatic heterocycles. The van der Waals surface area contributed by atoms with Gasteiger partial charge < -0.3 is 10.6 Å². The van der Waals surface area contributed by atoms with Gasteiger partial charge in [0, 0.05) is 25.2 Å². The van der Waals surface area contributed by atoms with Crippen LogP contribution in [0.4, 0.5) is 5.69 Å². The molecule has 0 unspecified atom stereocenters. The van der Waals surface area contributed by atoms with Gasteiger partial charge in [-0.3, -0.25) is 4.79 Å². The Kier molecular flexibility index (Phi) is 3.42. The van der Waals surface area contributed by atoms with Crippen molar-refractivity contribution in [2.45, 2.75) is 25.9 Å². The number of aryl methyl sites for hydroxylation is 1. The Hall–Kier alpha value is -2.29. The second-order valence-electron chi connectivity index (χ2n) is 5.26. The third-order valence-corrected chi connectivity index (χ3v) is 3.78. The normalized spacial score (nSPS) is 13.3. The zero-order chi connectivity index (χ0) is 13.9. The van der Waals surface area contributed by atoms with E-state index in [4.69, 9.17) is 5.73 Å². The molecule has 20 heavy (non-hydrogen) atoms. The highest BCUT2D eigenvalue weighted by molar-refractivity contribution is 5.77. The molecule has 0 radical (unpaired) electrons. The average molecular weight is 266 g/mol. The summed E-state index contributed by atoms with van der Waals surface area (Å²) < 4.78 is 0. The maximum atomic E-state index is 12.3. The largest absolute Gasteiger partial charge is 0.399 e. The molecule has 0 atom stereocenters. The van der Waals surface area contributed by atoms with Gasteiger partial charge in [-0.25, -0.2) is 0 Å². The summed E-state index contributed by atoms with van der Waals surface area (Å²) in [5.74, 6) is 0.212. The van der Waals surface area contributed by atoms with Gasteiger partial charge in [0.25, 0.3) is 0 Å². The summed E-state index contributed by atoms with van der Waals surface area (Å²) in [6.45, 7) is 1.40. The number of nitrogens with zero attached hydrogens (tertiary/aromatic N) is 1. The van der Waals surface area contributed by atoms with Gasteiger partial charge in [-0.05, 0) is 35.2 Å². The van der Waals surface area contributed by atoms with E-state index in [0.717, 1.165) is 12.1 Å². The first-order chi connectivity index (χ1) is 9.72. The minimum Gasteiger partial charge on any atom is -0.399 e. The van der Waals surface area contributed by atoms with E-state index in [1.807, 2.05) is 41.3 Å². The minimum absolute atomic E-state index is 0.212. The quantitative estimate of drug-likeness (QED) is 0.868. The van der Waals surface area contributed by atoms with Gasteiger partial charge in [-0.2, -0.15) is 0 Å². The molecule has 1 heterocycles. The van der Waals surface area contributed by atoms with Gasteiger partial charge in [-0.15, -0.1) is 0 Å². The lowest BCUT2D eigenvalue weighted by Crippen LogP contribution is -2.25. The number of carbonyl (C=O) groups excluding carboxylic acids is 1. The predicted octanol–water partition coefficient (Wildman–Crippen LogP) is 2.74. The number of benzene rings is 2. The van der Waals surface area contributed by atoms with Crippen LogP contribution < -0.4 is 5.73 Å². The Labute approximate surface area is 119 Å². The topological polar surface area (TPSA) is 46.3 Å². The van der Waals surface area contributed by atoms with E-state index < -0.39 is 0 Å². The average Bonchev–Trinajstić information content (AvgIpc) is 2.89. The first-order valence-corrected chi connectivity index (χ1v) is 6.91. The molecule has 0 fully saturated rings. The highest BCUT2D eigenvalue weighted by Crippen LogP contribution is 2.25. The van der Waals surface area contributed by atoms with Gasteiger partial charge in [-0.1, -0.05) is 36.4 Å². The number of anilines is 1. The van der Waals surface area contributed by atoms with E-state index in [1.165, 1.54) is 16.7 Å². The standard InChI is InChI=1S/C17H18N2O/c18-16-8-7-14-11-19(12-15(14)10-16)17(20)9-6-13-4-2-1-3-5-13/h1-5,7-8,10H,6,9,11-12,18H2. The maximum Gasteiger partial charge on any atom is 0.223 e. The molecule has 1 amide bonds. The number of rotatable bonds is 3. The van der Waals surface area contributed by atoms with Gasteiger partial charge in [0.1, 0.15) is 0 Å². The number of amides is 1. The molecule has 1 aliphatic rings. The molecule has 0 spiro atoms. The smallest absolute Gasteiger partial charge is 0.223 e. The second-order valence-corrected chi connectivity index (χ2v) is 5.26. The molecule has 0 aliphatic carbocycles. The summed E-state index contributed by atoms with van der Waals surface area (Å²) in [7, 11) is 0. The summed E-state index contributed by atoms with van der Waals surface area (Å²) >= 11 is 0. The Bertz CT molecular complexity index is 622. The molecule has 3 heteroatoms. The summed E-state index contributed by atoms with van der Waals surface area (Å²) in [6.07, 6.45) is 1.36. The number of nitrogens with two attached hydrogens (primary N) is 1. The molecule has 0 bridgehead atoms. The van der Waals surface area contributed by atoms with Crippen LogP contribution in [0.1, 0.15) is 23.1 Å². The Morgan fingerprint density at radius 1 is 1.05 bits per heavy atom. The molecule has 3 rings (SSSR count). The van der Waals surface area contributed by atoms with Gasteiger partial charge >= 0.3 is 0 Å². The molecule has 0 saturated heterocycles. The summed E-state index contributed by atoms with van der Waals surface area (Å²) in [4.78, 5) is 14.2. The minimum atomic E-state index is 0.212. The lowest BCUT2D eigenvalue weighted by Gasteiger charge is -2.15. The van der Waals surface area contributed by atoms with Crippen molar-refractivity contribution in [3.8, 4) is 0 Å². The zero-order valence-electron chi connectivity index (χ0n) is 11.4. The molecule has 3 nitrogen and oxygen atoms in total. The van der Waals surface area contributed by atoms with Gasteiger partial charge in [0.2, 0.25) is 5.91 Å². The van der Waals surface area contributed by atoms with Crippen molar-refractivity contribution in [3.05, 3.63) is 65.2 Å². The molecule has 1 aliphatic heterocycles. The first kappa shape index (κ1) is 12.7. The SMILES string of the molecule is Nc1ccc2c(c1)CN(C(=O)CCc1ccccc1)C2. The Balaban J connectivity index is 1.60. The van der Waals surface area contributed by atoms with Crippen molar-refractivity contribution in [2.75, 3.05) is 5.73 Å². The molecule has 2 N–H and O–H groups in total. The third kappa shape index (κ3) is 2.67. The van der Waals surface area contributed by atoms with E-state index in [9.17, 15) is 4.79 Å². The van der Waals surface area contributed by atoms with Gasteiger partial charge in [0.05, 0.1) is 0 Å². The molecule has 2 aromatic rings. The van der Waals surface area contributed by atoms with E-state index in [0.29, 0.717) is 19.5 Å². The highest BCUT2D eigenvalue weighted by atomic mass is 16.2. The van der Waals surface area contributed by atoms with Crippen LogP contribution >= 0.6 is 0 Å². The van der Waals surface area contributed by atoms with Crippen LogP contribution in [0.5, 0.6) is 0 Å². The van der Waals surface area contributed by atoms with Gasteiger partial charge in [0.15, 0.2) is 0 Å². The number of hydrogen-bond acceptors (Lipinski definition) is 2. The van der Waals surface area contributed by atoms with E-state index in [1.54, 1.807) is 0 Å². The Morgan fingerprint density at radius 2 is 1.80 bits per heavy atom. The van der Waals surface area contributed by atoms with Crippen LogP contribution in [0.3, 0.4) is 0 Å². The van der Waals surface area contributed by atoms with Crippen LogP contribution in [0.2, 0.25) is 0 Å². The Morgan fingerprint density at radius 3 is 2.60 bits per heavy atom. The van der Waals surface area contributed by atoms with Crippen molar-refractivity contribution < 1.29 is 4.79 Å². The zero-order valence-corrected chi connectivity index (χ0v) is 11.4. The van der Waals surface area contributed by atoms with Crippen molar-refractivity contribution >= 4 is 11.6 Å². The highest BCUT2D eigenvalue weighted by Gasteiger charge is 2.22. The van der Waals surface area contributed by atoms with Crippen molar-refractivity contribution in [1.82, 2.24) is 4.90 Å². The summed E-state index contributed by atoms with van der Waals surface area (Å²) in [5, 5.41) is 0. The summed E-state index contributed by atoms with van der Waals surface area (Å²) in [6, 6.07) is 16.0. The van der Waals surface area contributed by atoms with E-state index >= 15 is 0 Å². The van der Waals surface area contributed by atoms with E-state index in [2.05, 4.69) is 12.1 Å². The third-order valence-electron chi connectivity index (χ3n) is 3.78. The number of nitrogen functional groups attached to an aromatic ring is 1. The number of hydrogen-bond donors (Lipinski definition) is 1. The molecular weight excluding hydrogens is 248 g/mol. The van der Waals surface area contributed by atoms with Crippen LogP contribution in [0, 0.1) is 0 Å². The molecule has 2 aromatic carbocycles. The molecule has 0 saturated carbocycles. The van der Waals surface area contributed by atoms with Crippen LogP contribution in [-0.4, -0.2) is 10.8 Å². The van der Waals surface area contributed by atoms with Crippen LogP contribution in [0.15, 0.2) is 48.5 Å². The van der Waals surface area contributed by atoms with E-state index in [-0.39, 0.29) is 5.91 Å². The summed E-state index contributed by atoms with van der Waals surface area (Å²) in [5.41, 5.74) is 10.2. The van der Waals surface area contributed by atoms with Crippen molar-refractivity contribution in [2.24, 2.45) is 0 Å². The monoisotopic (exact) mass is 266 g/mol. The first-order valence-electron chi connectivity index (χ1n) is 6.91. The van der Waals surface area contributed by atoms with Crippen LogP contribution in [-0.2, 0) is 24.3 Å². The molecule has 102 valence electrons. The maximum absolute atomic E-state index is 12.3. The lowest BCUT2D eigenvalue weighted by molar-refractivity contribution is -0.131. The fourth-order valence-corrected chi connectivity index (χ4v) is 2.64. The fraction of sp³-hybridized carbons (Fsp3) is 0.235. The molecular formula is C17H18N2O. The van der Waals surface area contributed by atoms with Crippen LogP contribution in [0.25, 0.3) is 0 Å². The van der Waals surface area contributed by atoms with Crippen molar-refractivity contribution in [3.63, 3.8) is 0 Å². The predicted molar refractivity (Wildman–Crippen MR) is 79.9 cm³/mol. The van der Waals surface area contributed by atoms with Crippen molar-refractivity contribution in [1.29, 1.82) is 0 Å². The fourth-order valence-electron chi connectivity index (χ4n) is 2.64. The number of carbonyl (C=O) groups is 1. The lowest BCUT2D eigenvalue weighted by atomic mass is 10.1. The number of fused-ring (bicyclic) bond motifs is 1. The second kappa shape index (κ2) is 5.37.